The highest BCUT2D eigenvalue weighted by Crippen LogP contribution is 2.17. The van der Waals surface area contributed by atoms with Crippen molar-refractivity contribution in [2.24, 2.45) is 5.73 Å². The van der Waals surface area contributed by atoms with E-state index in [1.54, 1.807) is 0 Å². The van der Waals surface area contributed by atoms with Gasteiger partial charge < -0.3 is 19.9 Å². The molecule has 0 aliphatic carbocycles. The first kappa shape index (κ1) is 13.3. The third-order valence-corrected chi connectivity index (χ3v) is 2.98. The van der Waals surface area contributed by atoms with Gasteiger partial charge in [-0.3, -0.25) is 0 Å². The Bertz CT molecular complexity index is 351. The summed E-state index contributed by atoms with van der Waals surface area (Å²) in [5.74, 6) is 0.879. The SMILES string of the molecule is NCc1ccccc1OCCCOC1CCOC1. The quantitative estimate of drug-likeness (QED) is 0.750. The van der Waals surface area contributed by atoms with Crippen molar-refractivity contribution in [3.63, 3.8) is 0 Å². The molecule has 0 spiro atoms. The number of hydrogen-bond acceptors (Lipinski definition) is 4. The van der Waals surface area contributed by atoms with Gasteiger partial charge in [-0.05, 0) is 12.5 Å². The van der Waals surface area contributed by atoms with E-state index in [1.807, 2.05) is 24.3 Å². The second kappa shape index (κ2) is 7.36. The molecule has 1 heterocycles. The van der Waals surface area contributed by atoms with Crippen molar-refractivity contribution in [1.29, 1.82) is 0 Å². The van der Waals surface area contributed by atoms with E-state index in [0.717, 1.165) is 44.0 Å². The topological polar surface area (TPSA) is 53.7 Å². The Morgan fingerprint density at radius 1 is 1.28 bits per heavy atom. The van der Waals surface area contributed by atoms with Crippen LogP contribution in [0.2, 0.25) is 0 Å². The van der Waals surface area contributed by atoms with E-state index in [2.05, 4.69) is 0 Å². The summed E-state index contributed by atoms with van der Waals surface area (Å²) < 4.78 is 16.6. The van der Waals surface area contributed by atoms with Crippen LogP contribution in [-0.4, -0.2) is 32.5 Å². The van der Waals surface area contributed by atoms with Gasteiger partial charge in [-0.25, -0.2) is 0 Å². The predicted octanol–water partition coefficient (Wildman–Crippen LogP) is 1.72. The highest BCUT2D eigenvalue weighted by Gasteiger charge is 2.15. The normalized spacial score (nSPS) is 19.1. The second-order valence-electron chi connectivity index (χ2n) is 4.37. The zero-order valence-electron chi connectivity index (χ0n) is 10.6. The molecule has 18 heavy (non-hydrogen) atoms. The molecule has 100 valence electrons. The van der Waals surface area contributed by atoms with Gasteiger partial charge in [0.2, 0.25) is 0 Å². The van der Waals surface area contributed by atoms with E-state index in [-0.39, 0.29) is 6.10 Å². The average Bonchev–Trinajstić information content (AvgIpc) is 2.92. The lowest BCUT2D eigenvalue weighted by atomic mass is 10.2. The van der Waals surface area contributed by atoms with Crippen molar-refractivity contribution in [2.45, 2.75) is 25.5 Å². The molecule has 2 rings (SSSR count). The molecule has 1 aliphatic rings. The first-order valence-corrected chi connectivity index (χ1v) is 6.50. The van der Waals surface area contributed by atoms with Crippen LogP contribution in [-0.2, 0) is 16.0 Å². The molecule has 1 aromatic rings. The highest BCUT2D eigenvalue weighted by molar-refractivity contribution is 5.32. The molecule has 1 atom stereocenters. The lowest BCUT2D eigenvalue weighted by Crippen LogP contribution is -2.14. The molecule has 1 unspecified atom stereocenters. The summed E-state index contributed by atoms with van der Waals surface area (Å²) in [4.78, 5) is 0. The van der Waals surface area contributed by atoms with Crippen LogP contribution in [0.4, 0.5) is 0 Å². The number of rotatable bonds is 7. The summed E-state index contributed by atoms with van der Waals surface area (Å²) in [5, 5.41) is 0. The van der Waals surface area contributed by atoms with Gasteiger partial charge in [0.05, 0.1) is 25.9 Å². The minimum atomic E-state index is 0.279. The zero-order valence-corrected chi connectivity index (χ0v) is 10.6. The molecule has 1 aromatic carbocycles. The lowest BCUT2D eigenvalue weighted by Gasteiger charge is -2.12. The molecule has 4 nitrogen and oxygen atoms in total. The summed E-state index contributed by atoms with van der Waals surface area (Å²) >= 11 is 0. The Kier molecular flexibility index (Phi) is 5.45. The van der Waals surface area contributed by atoms with Crippen molar-refractivity contribution in [1.82, 2.24) is 0 Å². The summed E-state index contributed by atoms with van der Waals surface area (Å²) in [7, 11) is 0. The van der Waals surface area contributed by atoms with Crippen LogP contribution < -0.4 is 10.5 Å². The van der Waals surface area contributed by atoms with Gasteiger partial charge in [-0.15, -0.1) is 0 Å². The number of hydrogen-bond donors (Lipinski definition) is 1. The Balaban J connectivity index is 1.62. The maximum atomic E-state index is 5.70. The lowest BCUT2D eigenvalue weighted by molar-refractivity contribution is 0.0366. The first-order chi connectivity index (χ1) is 8.90. The van der Waals surface area contributed by atoms with Crippen LogP contribution in [0.15, 0.2) is 24.3 Å². The number of nitrogens with two attached hydrogens (primary N) is 1. The largest absolute Gasteiger partial charge is 0.493 e. The molecular weight excluding hydrogens is 230 g/mol. The fraction of sp³-hybridized carbons (Fsp3) is 0.571. The van der Waals surface area contributed by atoms with Crippen molar-refractivity contribution < 1.29 is 14.2 Å². The molecule has 2 N–H and O–H groups in total. The molecule has 0 amide bonds. The average molecular weight is 251 g/mol. The summed E-state index contributed by atoms with van der Waals surface area (Å²) in [5.41, 5.74) is 6.69. The minimum absolute atomic E-state index is 0.279. The summed E-state index contributed by atoms with van der Waals surface area (Å²) in [6.45, 7) is 3.44. The predicted molar refractivity (Wildman–Crippen MR) is 69.6 cm³/mol. The molecule has 1 saturated heterocycles. The van der Waals surface area contributed by atoms with Crippen LogP contribution in [0.25, 0.3) is 0 Å². The second-order valence-corrected chi connectivity index (χ2v) is 4.37. The van der Waals surface area contributed by atoms with Gasteiger partial charge in [0.25, 0.3) is 0 Å². The van der Waals surface area contributed by atoms with Gasteiger partial charge in [0.1, 0.15) is 5.75 Å². The van der Waals surface area contributed by atoms with Gasteiger partial charge in [-0.2, -0.15) is 0 Å². The number of ether oxygens (including phenoxy) is 3. The molecule has 1 aliphatic heterocycles. The third-order valence-electron chi connectivity index (χ3n) is 2.98. The van der Waals surface area contributed by atoms with Crippen LogP contribution in [0.1, 0.15) is 18.4 Å². The zero-order chi connectivity index (χ0) is 12.6. The maximum absolute atomic E-state index is 5.70. The monoisotopic (exact) mass is 251 g/mol. The fourth-order valence-corrected chi connectivity index (χ4v) is 1.95. The molecule has 0 aromatic heterocycles. The van der Waals surface area contributed by atoms with E-state index in [9.17, 15) is 0 Å². The van der Waals surface area contributed by atoms with Gasteiger partial charge in [-0.1, -0.05) is 18.2 Å². The van der Waals surface area contributed by atoms with E-state index < -0.39 is 0 Å². The highest BCUT2D eigenvalue weighted by atomic mass is 16.5. The number of benzene rings is 1. The van der Waals surface area contributed by atoms with Gasteiger partial charge in [0, 0.05) is 25.1 Å². The van der Waals surface area contributed by atoms with E-state index >= 15 is 0 Å². The Hall–Kier alpha value is -1.10. The van der Waals surface area contributed by atoms with Crippen LogP contribution >= 0.6 is 0 Å². The van der Waals surface area contributed by atoms with E-state index in [4.69, 9.17) is 19.9 Å². The third kappa shape index (κ3) is 3.98. The van der Waals surface area contributed by atoms with Gasteiger partial charge in [0.15, 0.2) is 0 Å². The molecular formula is C14H21NO3. The minimum Gasteiger partial charge on any atom is -0.493 e. The molecule has 0 bridgehead atoms. The van der Waals surface area contributed by atoms with Crippen LogP contribution in [0, 0.1) is 0 Å². The molecule has 4 heteroatoms. The number of para-hydroxylation sites is 1. The Morgan fingerprint density at radius 3 is 2.94 bits per heavy atom. The summed E-state index contributed by atoms with van der Waals surface area (Å²) in [6, 6.07) is 7.87. The first-order valence-electron chi connectivity index (χ1n) is 6.50. The Morgan fingerprint density at radius 2 is 2.17 bits per heavy atom. The van der Waals surface area contributed by atoms with Crippen molar-refractivity contribution in [3.05, 3.63) is 29.8 Å². The molecule has 0 saturated carbocycles. The standard InChI is InChI=1S/C14H21NO3/c15-10-12-4-1-2-5-14(12)18-8-3-7-17-13-6-9-16-11-13/h1-2,4-5,13H,3,6-11,15H2. The van der Waals surface area contributed by atoms with E-state index in [0.29, 0.717) is 13.2 Å². The van der Waals surface area contributed by atoms with E-state index in [1.165, 1.54) is 0 Å². The maximum Gasteiger partial charge on any atom is 0.123 e. The van der Waals surface area contributed by atoms with Crippen LogP contribution in [0.3, 0.4) is 0 Å². The molecule has 1 fully saturated rings. The summed E-state index contributed by atoms with van der Waals surface area (Å²) in [6.07, 6.45) is 2.17. The van der Waals surface area contributed by atoms with Gasteiger partial charge >= 0.3 is 0 Å². The smallest absolute Gasteiger partial charge is 0.123 e. The molecule has 0 radical (unpaired) electrons. The van der Waals surface area contributed by atoms with Crippen molar-refractivity contribution >= 4 is 0 Å². The van der Waals surface area contributed by atoms with Crippen molar-refractivity contribution in [3.8, 4) is 5.75 Å². The van der Waals surface area contributed by atoms with Crippen molar-refractivity contribution in [2.75, 3.05) is 26.4 Å². The Labute approximate surface area is 108 Å². The fourth-order valence-electron chi connectivity index (χ4n) is 1.95. The van der Waals surface area contributed by atoms with Crippen LogP contribution in [0.5, 0.6) is 5.75 Å².